The van der Waals surface area contributed by atoms with Crippen LogP contribution in [0.4, 0.5) is 23.7 Å². The van der Waals surface area contributed by atoms with E-state index in [1.807, 2.05) is 12.1 Å². The van der Waals surface area contributed by atoms with Gasteiger partial charge in [-0.25, -0.2) is 4.79 Å². The minimum absolute atomic E-state index is 0.306. The fourth-order valence-corrected chi connectivity index (χ4v) is 6.12. The maximum absolute atomic E-state index is 12.7. The summed E-state index contributed by atoms with van der Waals surface area (Å²) in [5, 5.41) is 0.702. The molecule has 1 amide bonds. The number of fused-ring (bicyclic) bond motifs is 2. The molecule has 3 atom stereocenters. The predicted octanol–water partition coefficient (Wildman–Crippen LogP) is 4.33. The van der Waals surface area contributed by atoms with Gasteiger partial charge in [-0.2, -0.15) is 13.2 Å². The Hall–Kier alpha value is -1.75. The Morgan fingerprint density at radius 1 is 1.08 bits per heavy atom. The minimum atomic E-state index is -4.56. The lowest BCUT2D eigenvalue weighted by molar-refractivity contribution is -0.200. The normalized spacial score (nSPS) is 27.0. The molecule has 1 aromatic rings. The minimum Gasteiger partial charge on any atom is -0.437 e. The highest BCUT2D eigenvalue weighted by Gasteiger charge is 2.45. The number of hydrogen-bond acceptors (Lipinski definition) is 6. The Morgan fingerprint density at radius 2 is 1.81 bits per heavy atom. The van der Waals surface area contributed by atoms with Gasteiger partial charge in [-0.1, -0.05) is 17.7 Å². The second-order valence-electron chi connectivity index (χ2n) is 10.3. The number of piperidine rings is 1. The fourth-order valence-electron chi connectivity index (χ4n) is 5.95. The van der Waals surface area contributed by atoms with Gasteiger partial charge in [-0.05, 0) is 50.3 Å². The zero-order chi connectivity index (χ0) is 25.4. The van der Waals surface area contributed by atoms with E-state index in [-0.39, 0.29) is 0 Å². The molecule has 11 heteroatoms. The van der Waals surface area contributed by atoms with Gasteiger partial charge in [-0.3, -0.25) is 9.80 Å². The third-order valence-electron chi connectivity index (χ3n) is 8.02. The average molecular weight is 531 g/mol. The summed E-state index contributed by atoms with van der Waals surface area (Å²) in [5.74, 6) is 0. The highest BCUT2D eigenvalue weighted by molar-refractivity contribution is 6.30. The van der Waals surface area contributed by atoms with Gasteiger partial charge in [0.25, 0.3) is 0 Å². The Labute approximate surface area is 215 Å². The Balaban J connectivity index is 1.15. The number of hydrogen-bond donors (Lipinski definition) is 0. The van der Waals surface area contributed by atoms with Gasteiger partial charge >= 0.3 is 12.3 Å². The van der Waals surface area contributed by atoms with E-state index in [0.29, 0.717) is 56.1 Å². The molecule has 4 heterocycles. The zero-order valence-electron chi connectivity index (χ0n) is 20.6. The SMILES string of the molecule is CC(OC(=O)N1CCN(Cc2ccc(Cl)cc2N2CCC(N3C4CCC3OC4)CC2)CC1)C(F)(F)F. The molecule has 2 bridgehead atoms. The van der Waals surface area contributed by atoms with Gasteiger partial charge in [0.2, 0.25) is 0 Å². The topological polar surface area (TPSA) is 48.5 Å². The number of rotatable bonds is 5. The number of alkyl halides is 3. The van der Waals surface area contributed by atoms with Crippen LogP contribution in [-0.2, 0) is 16.0 Å². The largest absolute Gasteiger partial charge is 0.437 e. The van der Waals surface area contributed by atoms with Gasteiger partial charge in [0.1, 0.15) is 6.23 Å². The summed E-state index contributed by atoms with van der Waals surface area (Å²) in [4.78, 5) is 20.7. The highest BCUT2D eigenvalue weighted by atomic mass is 35.5. The zero-order valence-corrected chi connectivity index (χ0v) is 21.3. The van der Waals surface area contributed by atoms with Crippen molar-refractivity contribution in [2.24, 2.45) is 0 Å². The van der Waals surface area contributed by atoms with Crippen LogP contribution in [0.5, 0.6) is 0 Å². The van der Waals surface area contributed by atoms with E-state index in [0.717, 1.165) is 51.6 Å². The van der Waals surface area contributed by atoms with Crippen LogP contribution in [0.25, 0.3) is 0 Å². The molecule has 0 saturated carbocycles. The number of anilines is 1. The molecule has 4 fully saturated rings. The molecule has 0 radical (unpaired) electrons. The van der Waals surface area contributed by atoms with Gasteiger partial charge in [0.15, 0.2) is 6.10 Å². The summed E-state index contributed by atoms with van der Waals surface area (Å²) in [7, 11) is 0. The van der Waals surface area contributed by atoms with E-state index in [1.165, 1.54) is 16.9 Å². The molecule has 0 aromatic heterocycles. The number of benzene rings is 1. The summed E-state index contributed by atoms with van der Waals surface area (Å²) in [6, 6.07) is 7.15. The molecule has 4 aliphatic heterocycles. The van der Waals surface area contributed by atoms with Crippen molar-refractivity contribution in [1.29, 1.82) is 0 Å². The summed E-state index contributed by atoms with van der Waals surface area (Å²) in [6.07, 6.45) is -2.69. The van der Waals surface area contributed by atoms with Crippen LogP contribution in [0.2, 0.25) is 5.02 Å². The van der Waals surface area contributed by atoms with Crippen LogP contribution >= 0.6 is 11.6 Å². The van der Waals surface area contributed by atoms with Crippen molar-refractivity contribution >= 4 is 23.4 Å². The van der Waals surface area contributed by atoms with Crippen LogP contribution in [0.1, 0.15) is 38.2 Å². The summed E-state index contributed by atoms with van der Waals surface area (Å²) < 4.78 is 48.6. The monoisotopic (exact) mass is 530 g/mol. The molecule has 36 heavy (non-hydrogen) atoms. The van der Waals surface area contributed by atoms with Crippen molar-refractivity contribution in [3.63, 3.8) is 0 Å². The number of piperazine rings is 1. The molecule has 0 spiro atoms. The molecule has 4 aliphatic rings. The van der Waals surface area contributed by atoms with Gasteiger partial charge in [0.05, 0.1) is 6.61 Å². The number of halogens is 4. The molecule has 5 rings (SSSR count). The van der Waals surface area contributed by atoms with E-state index in [1.54, 1.807) is 0 Å². The first kappa shape index (κ1) is 25.9. The van der Waals surface area contributed by atoms with E-state index < -0.39 is 18.4 Å². The van der Waals surface area contributed by atoms with Crippen molar-refractivity contribution in [2.75, 3.05) is 50.8 Å². The summed E-state index contributed by atoms with van der Waals surface area (Å²) in [6.45, 7) is 6.14. The third-order valence-corrected chi connectivity index (χ3v) is 8.25. The molecule has 200 valence electrons. The molecule has 3 unspecified atom stereocenters. The van der Waals surface area contributed by atoms with Crippen molar-refractivity contribution in [3.8, 4) is 0 Å². The third kappa shape index (κ3) is 5.56. The lowest BCUT2D eigenvalue weighted by atomic mass is 10.0. The van der Waals surface area contributed by atoms with Gasteiger partial charge in [-0.15, -0.1) is 0 Å². The first-order chi connectivity index (χ1) is 17.2. The summed E-state index contributed by atoms with van der Waals surface area (Å²) in [5.41, 5.74) is 2.31. The number of carbonyl (C=O) groups is 1. The van der Waals surface area contributed by atoms with Crippen molar-refractivity contribution in [2.45, 2.75) is 69.7 Å². The van der Waals surface area contributed by atoms with Crippen molar-refractivity contribution < 1.29 is 27.4 Å². The van der Waals surface area contributed by atoms with Crippen LogP contribution in [0.3, 0.4) is 0 Å². The Kier molecular flexibility index (Phi) is 7.59. The van der Waals surface area contributed by atoms with Crippen LogP contribution in [-0.4, -0.2) is 97.3 Å². The van der Waals surface area contributed by atoms with E-state index >= 15 is 0 Å². The van der Waals surface area contributed by atoms with Crippen LogP contribution in [0, 0.1) is 0 Å². The number of amides is 1. The molecule has 0 aliphatic carbocycles. The first-order valence-electron chi connectivity index (χ1n) is 12.9. The van der Waals surface area contributed by atoms with Crippen LogP contribution in [0.15, 0.2) is 18.2 Å². The van der Waals surface area contributed by atoms with Gasteiger partial charge < -0.3 is 19.3 Å². The van der Waals surface area contributed by atoms with Crippen molar-refractivity contribution in [1.82, 2.24) is 14.7 Å². The quantitative estimate of drug-likeness (QED) is 0.565. The number of carbonyl (C=O) groups excluding carboxylic acids is 1. The Morgan fingerprint density at radius 3 is 2.39 bits per heavy atom. The van der Waals surface area contributed by atoms with E-state index in [9.17, 15) is 18.0 Å². The second-order valence-corrected chi connectivity index (χ2v) is 10.7. The smallest absolute Gasteiger partial charge is 0.425 e. The van der Waals surface area contributed by atoms with E-state index in [2.05, 4.69) is 25.5 Å². The first-order valence-corrected chi connectivity index (χ1v) is 13.2. The number of nitrogens with zero attached hydrogens (tertiary/aromatic N) is 4. The summed E-state index contributed by atoms with van der Waals surface area (Å²) >= 11 is 6.38. The second kappa shape index (κ2) is 10.6. The Bertz CT molecular complexity index is 916. The molecule has 0 N–H and O–H groups in total. The fraction of sp³-hybridized carbons (Fsp3) is 0.720. The molecular weight excluding hydrogens is 497 g/mol. The molecule has 1 aromatic carbocycles. The maximum Gasteiger partial charge on any atom is 0.425 e. The molecule has 4 saturated heterocycles. The van der Waals surface area contributed by atoms with Gasteiger partial charge in [0, 0.05) is 68.6 Å². The van der Waals surface area contributed by atoms with Crippen molar-refractivity contribution in [3.05, 3.63) is 28.8 Å². The van der Waals surface area contributed by atoms with E-state index in [4.69, 9.17) is 16.3 Å². The lowest BCUT2D eigenvalue weighted by Gasteiger charge is -2.40. The average Bonchev–Trinajstić information content (AvgIpc) is 3.46. The number of ether oxygens (including phenoxy) is 2. The standard InChI is InChI=1S/C25H34ClF3N4O3/c1-17(25(27,28)29)36-24(34)32-12-10-30(11-13-32)15-18-2-3-19(26)14-22(18)31-8-6-20(7-9-31)33-21-4-5-23(33)35-16-21/h2-3,14,17,20-21,23H,4-13,15-16H2,1H3. The highest BCUT2D eigenvalue weighted by Crippen LogP contribution is 2.38. The molecular formula is C25H34ClF3N4O3. The lowest BCUT2D eigenvalue weighted by Crippen LogP contribution is -2.50. The predicted molar refractivity (Wildman–Crippen MR) is 130 cm³/mol. The van der Waals surface area contributed by atoms with Crippen LogP contribution < -0.4 is 4.90 Å². The molecule has 7 nitrogen and oxygen atoms in total. The maximum atomic E-state index is 12.7.